The van der Waals surface area contributed by atoms with Crippen molar-refractivity contribution in [1.82, 2.24) is 0 Å². The van der Waals surface area contributed by atoms with Crippen molar-refractivity contribution in [1.29, 1.82) is 0 Å². The quantitative estimate of drug-likeness (QED) is 0.246. The molecule has 0 bridgehead atoms. The van der Waals surface area contributed by atoms with Crippen LogP contribution in [0, 0.1) is 0 Å². The molecule has 0 radical (unpaired) electrons. The van der Waals surface area contributed by atoms with E-state index in [0.717, 1.165) is 24.2 Å². The number of benzene rings is 1. The molecule has 0 amide bonds. The molecule has 25 heavy (non-hydrogen) atoms. The van der Waals surface area contributed by atoms with Crippen LogP contribution in [0.15, 0.2) is 35.2 Å². The van der Waals surface area contributed by atoms with Crippen LogP contribution in [-0.2, 0) is 4.79 Å². The van der Waals surface area contributed by atoms with Gasteiger partial charge in [-0.05, 0) is 18.6 Å². The van der Waals surface area contributed by atoms with Gasteiger partial charge in [-0.2, -0.15) is 0 Å². The van der Waals surface area contributed by atoms with Gasteiger partial charge < -0.3 is 5.11 Å². The first-order valence-corrected chi connectivity index (χ1v) is 11.1. The number of aliphatic carboxylic acids is 1. The Kier molecular flexibility index (Phi) is 13.5. The molecule has 0 aliphatic heterocycles. The molecule has 1 atom stereocenters. The number of unbranched alkanes of at least 4 members (excludes halogenated alkanes) is 11. The van der Waals surface area contributed by atoms with Gasteiger partial charge in [-0.3, -0.25) is 4.79 Å². The maximum absolute atomic E-state index is 11.4. The average Bonchev–Trinajstić information content (AvgIpc) is 2.62. The smallest absolute Gasteiger partial charge is 0.316 e. The van der Waals surface area contributed by atoms with Crippen LogP contribution < -0.4 is 0 Å². The first kappa shape index (κ1) is 22.1. The first-order valence-electron chi connectivity index (χ1n) is 10.2. The third-order valence-corrected chi connectivity index (χ3v) is 5.88. The SMILES string of the molecule is CCCCCCCCCCCCCCC(Sc1ccccc1)C(=O)O. The lowest BCUT2D eigenvalue weighted by Gasteiger charge is -2.11. The Labute approximate surface area is 158 Å². The zero-order chi connectivity index (χ0) is 18.2. The Bertz CT molecular complexity index is 433. The van der Waals surface area contributed by atoms with Gasteiger partial charge in [0.25, 0.3) is 0 Å². The molecule has 0 saturated heterocycles. The van der Waals surface area contributed by atoms with Gasteiger partial charge in [0.2, 0.25) is 0 Å². The number of thioether (sulfide) groups is 1. The van der Waals surface area contributed by atoms with Crippen molar-refractivity contribution < 1.29 is 9.90 Å². The second-order valence-electron chi connectivity index (χ2n) is 6.94. The van der Waals surface area contributed by atoms with E-state index in [4.69, 9.17) is 0 Å². The van der Waals surface area contributed by atoms with E-state index < -0.39 is 5.97 Å². The topological polar surface area (TPSA) is 37.3 Å². The van der Waals surface area contributed by atoms with Crippen molar-refractivity contribution in [2.24, 2.45) is 0 Å². The number of carbonyl (C=O) groups is 1. The van der Waals surface area contributed by atoms with Crippen LogP contribution in [0.1, 0.15) is 90.4 Å². The predicted octanol–water partition coefficient (Wildman–Crippen LogP) is 7.32. The van der Waals surface area contributed by atoms with Gasteiger partial charge in [0.05, 0.1) is 0 Å². The fourth-order valence-electron chi connectivity index (χ4n) is 3.07. The summed E-state index contributed by atoms with van der Waals surface area (Å²) in [6, 6.07) is 9.87. The molecule has 0 fully saturated rings. The van der Waals surface area contributed by atoms with Crippen molar-refractivity contribution in [3.05, 3.63) is 30.3 Å². The van der Waals surface area contributed by atoms with Gasteiger partial charge in [-0.25, -0.2) is 0 Å². The standard InChI is InChI=1S/C22H36O2S/c1-2-3-4-5-6-7-8-9-10-11-12-16-19-21(22(23)24)25-20-17-14-13-15-18-20/h13-15,17-18,21H,2-12,16,19H2,1H3,(H,23,24). The van der Waals surface area contributed by atoms with E-state index in [1.54, 1.807) is 0 Å². The molecule has 1 aromatic rings. The molecule has 1 aromatic carbocycles. The molecular weight excluding hydrogens is 328 g/mol. The summed E-state index contributed by atoms with van der Waals surface area (Å²) in [5.74, 6) is -0.683. The molecule has 142 valence electrons. The van der Waals surface area contributed by atoms with Crippen molar-refractivity contribution in [3.8, 4) is 0 Å². The van der Waals surface area contributed by atoms with E-state index in [2.05, 4.69) is 6.92 Å². The molecule has 2 nitrogen and oxygen atoms in total. The molecule has 3 heteroatoms. The molecule has 1 unspecified atom stereocenters. The Morgan fingerprint density at radius 1 is 0.840 bits per heavy atom. The monoisotopic (exact) mass is 364 g/mol. The minimum atomic E-state index is -0.683. The van der Waals surface area contributed by atoms with Crippen molar-refractivity contribution in [2.75, 3.05) is 0 Å². The normalized spacial score (nSPS) is 12.2. The lowest BCUT2D eigenvalue weighted by Crippen LogP contribution is -2.16. The summed E-state index contributed by atoms with van der Waals surface area (Å²) in [4.78, 5) is 12.5. The number of carboxylic acids is 1. The van der Waals surface area contributed by atoms with E-state index >= 15 is 0 Å². The minimum Gasteiger partial charge on any atom is -0.480 e. The summed E-state index contributed by atoms with van der Waals surface area (Å²) in [5, 5.41) is 9.08. The Hall–Kier alpha value is -0.960. The van der Waals surface area contributed by atoms with Crippen LogP contribution >= 0.6 is 11.8 Å². The fourth-order valence-corrected chi connectivity index (χ4v) is 4.09. The lowest BCUT2D eigenvalue weighted by atomic mass is 10.0. The number of hydrogen-bond donors (Lipinski definition) is 1. The van der Waals surface area contributed by atoms with Crippen LogP contribution in [0.2, 0.25) is 0 Å². The van der Waals surface area contributed by atoms with Crippen LogP contribution in [0.25, 0.3) is 0 Å². The fraction of sp³-hybridized carbons (Fsp3) is 0.682. The van der Waals surface area contributed by atoms with Gasteiger partial charge in [-0.15, -0.1) is 11.8 Å². The van der Waals surface area contributed by atoms with Gasteiger partial charge in [-0.1, -0.05) is 102 Å². The molecule has 0 spiro atoms. The second-order valence-corrected chi connectivity index (χ2v) is 8.21. The highest BCUT2D eigenvalue weighted by atomic mass is 32.2. The maximum Gasteiger partial charge on any atom is 0.316 e. The van der Waals surface area contributed by atoms with Gasteiger partial charge >= 0.3 is 5.97 Å². The molecule has 0 aromatic heterocycles. The largest absolute Gasteiger partial charge is 0.480 e. The van der Waals surface area contributed by atoms with E-state index in [-0.39, 0.29) is 5.25 Å². The highest BCUT2D eigenvalue weighted by Gasteiger charge is 2.18. The summed E-state index contributed by atoms with van der Waals surface area (Å²) < 4.78 is 0. The molecule has 0 aliphatic rings. The van der Waals surface area contributed by atoms with Gasteiger partial charge in [0, 0.05) is 4.90 Å². The molecule has 0 saturated carbocycles. The summed E-state index contributed by atoms with van der Waals surface area (Å²) in [5.41, 5.74) is 0. The zero-order valence-corrected chi connectivity index (χ0v) is 16.7. The molecule has 1 N–H and O–H groups in total. The number of rotatable bonds is 16. The van der Waals surface area contributed by atoms with E-state index in [1.807, 2.05) is 30.3 Å². The van der Waals surface area contributed by atoms with E-state index in [9.17, 15) is 9.90 Å². The van der Waals surface area contributed by atoms with Gasteiger partial charge in [0.1, 0.15) is 5.25 Å². The first-order chi connectivity index (χ1) is 12.2. The highest BCUT2D eigenvalue weighted by molar-refractivity contribution is 8.00. The van der Waals surface area contributed by atoms with Crippen molar-refractivity contribution in [3.63, 3.8) is 0 Å². The summed E-state index contributed by atoms with van der Waals surface area (Å²) in [6.07, 6.45) is 16.5. The van der Waals surface area contributed by atoms with Crippen molar-refractivity contribution >= 4 is 17.7 Å². The van der Waals surface area contributed by atoms with Crippen LogP contribution in [0.4, 0.5) is 0 Å². The summed E-state index contributed by atoms with van der Waals surface area (Å²) >= 11 is 1.48. The Morgan fingerprint density at radius 3 is 1.80 bits per heavy atom. The predicted molar refractivity (Wildman–Crippen MR) is 109 cm³/mol. The summed E-state index contributed by atoms with van der Waals surface area (Å²) in [6.45, 7) is 2.26. The van der Waals surface area contributed by atoms with Crippen molar-refractivity contribution in [2.45, 2.75) is 101 Å². The molecule has 1 rings (SSSR count). The minimum absolute atomic E-state index is 0.314. The average molecular weight is 365 g/mol. The van der Waals surface area contributed by atoms with Gasteiger partial charge in [0.15, 0.2) is 0 Å². The van der Waals surface area contributed by atoms with E-state index in [1.165, 1.54) is 76.0 Å². The zero-order valence-electron chi connectivity index (χ0n) is 15.9. The Morgan fingerprint density at radius 2 is 1.32 bits per heavy atom. The third kappa shape index (κ3) is 12.1. The van der Waals surface area contributed by atoms with E-state index in [0.29, 0.717) is 0 Å². The lowest BCUT2D eigenvalue weighted by molar-refractivity contribution is -0.136. The van der Waals surface area contributed by atoms with Crippen LogP contribution in [-0.4, -0.2) is 16.3 Å². The molecule has 0 aliphatic carbocycles. The third-order valence-electron chi connectivity index (χ3n) is 4.62. The summed E-state index contributed by atoms with van der Waals surface area (Å²) in [7, 11) is 0. The highest BCUT2D eigenvalue weighted by Crippen LogP contribution is 2.27. The maximum atomic E-state index is 11.4. The van der Waals surface area contributed by atoms with Crippen LogP contribution in [0.3, 0.4) is 0 Å². The number of hydrogen-bond acceptors (Lipinski definition) is 2. The number of carboxylic acid groups (broad SMARTS) is 1. The van der Waals surface area contributed by atoms with Crippen LogP contribution in [0.5, 0.6) is 0 Å². The molecule has 0 heterocycles. The second kappa shape index (κ2) is 15.3. The Balaban J connectivity index is 1.99. The molecular formula is C22H36O2S.